The molecule has 0 aromatic carbocycles. The standard InChI is InChI=1S/C16H26N4/c1-4-7-18-15(10-13(5-2)6-3)14-11-19-20-9-8-17-12-16(14)20/h8-9,11-13,15,18H,4-7,10H2,1-3H3. The van der Waals surface area contributed by atoms with Gasteiger partial charge in [-0.2, -0.15) is 5.10 Å². The summed E-state index contributed by atoms with van der Waals surface area (Å²) in [4.78, 5) is 4.24. The topological polar surface area (TPSA) is 42.2 Å². The number of nitrogens with one attached hydrogen (secondary N) is 1. The summed E-state index contributed by atoms with van der Waals surface area (Å²) in [6, 6.07) is 0.376. The Hall–Kier alpha value is -1.42. The Morgan fingerprint density at radius 2 is 2.00 bits per heavy atom. The average molecular weight is 274 g/mol. The van der Waals surface area contributed by atoms with Crippen LogP contribution in [0.4, 0.5) is 0 Å². The van der Waals surface area contributed by atoms with Crippen LogP contribution in [-0.2, 0) is 0 Å². The van der Waals surface area contributed by atoms with Crippen molar-refractivity contribution >= 4 is 5.52 Å². The van der Waals surface area contributed by atoms with Gasteiger partial charge in [0.25, 0.3) is 0 Å². The van der Waals surface area contributed by atoms with E-state index in [0.717, 1.165) is 24.4 Å². The summed E-state index contributed by atoms with van der Waals surface area (Å²) < 4.78 is 1.91. The van der Waals surface area contributed by atoms with Gasteiger partial charge in [-0.25, -0.2) is 4.52 Å². The molecule has 2 aromatic rings. The maximum atomic E-state index is 4.44. The van der Waals surface area contributed by atoms with E-state index in [1.54, 1.807) is 6.20 Å². The summed E-state index contributed by atoms with van der Waals surface area (Å²) in [5.74, 6) is 0.760. The maximum Gasteiger partial charge on any atom is 0.0892 e. The Kier molecular flexibility index (Phi) is 5.53. The van der Waals surface area contributed by atoms with Crippen LogP contribution in [0.5, 0.6) is 0 Å². The zero-order valence-electron chi connectivity index (χ0n) is 12.8. The number of fused-ring (bicyclic) bond motifs is 1. The summed E-state index contributed by atoms with van der Waals surface area (Å²) in [7, 11) is 0. The molecule has 0 spiro atoms. The predicted octanol–water partition coefficient (Wildman–Crippen LogP) is 3.60. The second kappa shape index (κ2) is 7.39. The van der Waals surface area contributed by atoms with Crippen molar-refractivity contribution in [1.82, 2.24) is 19.9 Å². The Balaban J connectivity index is 2.25. The van der Waals surface area contributed by atoms with Gasteiger partial charge < -0.3 is 5.32 Å². The van der Waals surface area contributed by atoms with Crippen LogP contribution in [0.25, 0.3) is 5.52 Å². The first-order valence-electron chi connectivity index (χ1n) is 7.80. The molecule has 1 unspecified atom stereocenters. The van der Waals surface area contributed by atoms with E-state index in [2.05, 4.69) is 36.2 Å². The van der Waals surface area contributed by atoms with Crippen molar-refractivity contribution in [3.05, 3.63) is 30.4 Å². The molecule has 20 heavy (non-hydrogen) atoms. The first-order valence-corrected chi connectivity index (χ1v) is 7.80. The third-order valence-electron chi connectivity index (χ3n) is 4.09. The molecule has 1 atom stereocenters. The summed E-state index contributed by atoms with van der Waals surface area (Å²) in [5, 5.41) is 8.13. The lowest BCUT2D eigenvalue weighted by atomic mass is 9.91. The quantitative estimate of drug-likeness (QED) is 0.799. The number of rotatable bonds is 8. The van der Waals surface area contributed by atoms with Gasteiger partial charge in [-0.05, 0) is 25.3 Å². The Labute approximate surface area is 121 Å². The minimum absolute atomic E-state index is 0.376. The summed E-state index contributed by atoms with van der Waals surface area (Å²) in [6.07, 6.45) is 12.4. The smallest absolute Gasteiger partial charge is 0.0892 e. The highest BCUT2D eigenvalue weighted by Crippen LogP contribution is 2.27. The van der Waals surface area contributed by atoms with E-state index in [9.17, 15) is 0 Å². The van der Waals surface area contributed by atoms with Crippen molar-refractivity contribution in [3.8, 4) is 0 Å². The van der Waals surface area contributed by atoms with Crippen LogP contribution in [0.15, 0.2) is 24.8 Å². The largest absolute Gasteiger partial charge is 0.310 e. The molecule has 0 aliphatic carbocycles. The van der Waals surface area contributed by atoms with E-state index in [-0.39, 0.29) is 0 Å². The van der Waals surface area contributed by atoms with Crippen molar-refractivity contribution in [2.75, 3.05) is 6.54 Å². The SMILES string of the molecule is CCCNC(CC(CC)CC)c1cnn2ccncc12. The Morgan fingerprint density at radius 3 is 2.70 bits per heavy atom. The van der Waals surface area contributed by atoms with Gasteiger partial charge in [0.1, 0.15) is 0 Å². The van der Waals surface area contributed by atoms with Crippen molar-refractivity contribution in [1.29, 1.82) is 0 Å². The van der Waals surface area contributed by atoms with Gasteiger partial charge in [-0.3, -0.25) is 4.98 Å². The Bertz CT molecular complexity index is 516. The summed E-state index contributed by atoms with van der Waals surface area (Å²) in [6.45, 7) is 7.81. The second-order valence-electron chi connectivity index (χ2n) is 5.43. The molecule has 0 radical (unpaired) electrons. The lowest BCUT2D eigenvalue weighted by molar-refractivity contribution is 0.372. The zero-order valence-corrected chi connectivity index (χ0v) is 12.8. The van der Waals surface area contributed by atoms with Gasteiger partial charge in [0, 0.05) is 24.0 Å². The lowest BCUT2D eigenvalue weighted by Gasteiger charge is -2.22. The minimum atomic E-state index is 0.376. The van der Waals surface area contributed by atoms with Crippen LogP contribution >= 0.6 is 0 Å². The van der Waals surface area contributed by atoms with Gasteiger partial charge >= 0.3 is 0 Å². The molecule has 4 heteroatoms. The lowest BCUT2D eigenvalue weighted by Crippen LogP contribution is -2.24. The second-order valence-corrected chi connectivity index (χ2v) is 5.43. The number of nitrogens with zero attached hydrogens (tertiary/aromatic N) is 3. The van der Waals surface area contributed by atoms with Gasteiger partial charge in [0.2, 0.25) is 0 Å². The average Bonchev–Trinajstić information content (AvgIpc) is 2.92. The molecule has 0 saturated carbocycles. The van der Waals surface area contributed by atoms with E-state index < -0.39 is 0 Å². The van der Waals surface area contributed by atoms with Crippen LogP contribution in [-0.4, -0.2) is 21.1 Å². The Morgan fingerprint density at radius 1 is 1.20 bits per heavy atom. The fourth-order valence-electron chi connectivity index (χ4n) is 2.72. The highest BCUT2D eigenvalue weighted by Gasteiger charge is 2.19. The van der Waals surface area contributed by atoms with Crippen LogP contribution in [0.2, 0.25) is 0 Å². The normalized spacial score (nSPS) is 13.2. The number of hydrogen-bond donors (Lipinski definition) is 1. The zero-order chi connectivity index (χ0) is 14.4. The molecule has 2 aromatic heterocycles. The van der Waals surface area contributed by atoms with E-state index in [1.165, 1.54) is 24.8 Å². The molecule has 0 aliphatic rings. The van der Waals surface area contributed by atoms with Gasteiger partial charge in [-0.1, -0.05) is 33.6 Å². The molecule has 1 N–H and O–H groups in total. The van der Waals surface area contributed by atoms with Crippen molar-refractivity contribution in [2.45, 2.75) is 52.5 Å². The number of hydrogen-bond acceptors (Lipinski definition) is 3. The predicted molar refractivity (Wildman–Crippen MR) is 82.7 cm³/mol. The molecule has 0 amide bonds. The van der Waals surface area contributed by atoms with Gasteiger partial charge in [0.15, 0.2) is 0 Å². The number of aromatic nitrogens is 3. The van der Waals surface area contributed by atoms with Crippen LogP contribution in [0.3, 0.4) is 0 Å². The molecular weight excluding hydrogens is 248 g/mol. The molecule has 0 saturated heterocycles. The highest BCUT2D eigenvalue weighted by atomic mass is 15.2. The van der Waals surface area contributed by atoms with Crippen molar-refractivity contribution in [3.63, 3.8) is 0 Å². The molecule has 0 bridgehead atoms. The van der Waals surface area contributed by atoms with Crippen LogP contribution < -0.4 is 5.32 Å². The fraction of sp³-hybridized carbons (Fsp3) is 0.625. The fourth-order valence-corrected chi connectivity index (χ4v) is 2.72. The maximum absolute atomic E-state index is 4.44. The first-order chi connectivity index (χ1) is 9.80. The van der Waals surface area contributed by atoms with Crippen molar-refractivity contribution < 1.29 is 0 Å². The third kappa shape index (κ3) is 3.37. The third-order valence-corrected chi connectivity index (χ3v) is 4.09. The summed E-state index contributed by atoms with van der Waals surface area (Å²) in [5.41, 5.74) is 2.39. The molecule has 0 fully saturated rings. The molecule has 4 nitrogen and oxygen atoms in total. The van der Waals surface area contributed by atoms with E-state index in [4.69, 9.17) is 0 Å². The minimum Gasteiger partial charge on any atom is -0.310 e. The monoisotopic (exact) mass is 274 g/mol. The van der Waals surface area contributed by atoms with E-state index in [1.807, 2.05) is 23.1 Å². The van der Waals surface area contributed by atoms with Crippen molar-refractivity contribution in [2.24, 2.45) is 5.92 Å². The molecule has 110 valence electrons. The summed E-state index contributed by atoms with van der Waals surface area (Å²) >= 11 is 0. The van der Waals surface area contributed by atoms with Gasteiger partial charge in [-0.15, -0.1) is 0 Å². The molecule has 0 aliphatic heterocycles. The molecule has 2 heterocycles. The van der Waals surface area contributed by atoms with Gasteiger partial charge in [0.05, 0.1) is 17.9 Å². The van der Waals surface area contributed by atoms with E-state index in [0.29, 0.717) is 6.04 Å². The highest BCUT2D eigenvalue weighted by molar-refractivity contribution is 5.53. The molecule has 2 rings (SSSR count). The van der Waals surface area contributed by atoms with E-state index >= 15 is 0 Å². The van der Waals surface area contributed by atoms with Crippen LogP contribution in [0, 0.1) is 5.92 Å². The van der Waals surface area contributed by atoms with Crippen LogP contribution in [0.1, 0.15) is 58.1 Å². The molecular formula is C16H26N4. The first kappa shape index (κ1) is 15.0.